The summed E-state index contributed by atoms with van der Waals surface area (Å²) in [6.07, 6.45) is 5.27. The molecule has 0 spiro atoms. The van der Waals surface area contributed by atoms with Gasteiger partial charge in [-0.3, -0.25) is 9.59 Å². The van der Waals surface area contributed by atoms with Gasteiger partial charge in [0.05, 0.1) is 19.1 Å². The van der Waals surface area contributed by atoms with Crippen LogP contribution in [0.15, 0.2) is 48.5 Å². The molecule has 2 aliphatic rings. The second-order valence-corrected chi connectivity index (χ2v) is 9.97. The molecule has 2 aromatic carbocycles. The van der Waals surface area contributed by atoms with Crippen molar-refractivity contribution >= 4 is 22.7 Å². The van der Waals surface area contributed by atoms with Gasteiger partial charge in [-0.1, -0.05) is 43.2 Å². The van der Waals surface area contributed by atoms with Gasteiger partial charge in [-0.05, 0) is 49.3 Å². The lowest BCUT2D eigenvalue weighted by molar-refractivity contribution is -0.127. The molecule has 8 heteroatoms. The highest BCUT2D eigenvalue weighted by Crippen LogP contribution is 2.34. The van der Waals surface area contributed by atoms with Gasteiger partial charge in [0.2, 0.25) is 5.91 Å². The van der Waals surface area contributed by atoms with Crippen LogP contribution in [-0.4, -0.2) is 36.0 Å². The third-order valence-corrected chi connectivity index (χ3v) is 7.34. The minimum atomic E-state index is -0.437. The van der Waals surface area contributed by atoms with Crippen LogP contribution in [0.4, 0.5) is 0 Å². The average molecular weight is 501 g/mol. The number of amides is 2. The molecule has 37 heavy (non-hydrogen) atoms. The topological polar surface area (TPSA) is 116 Å². The zero-order valence-corrected chi connectivity index (χ0v) is 21.0. The Morgan fingerprint density at radius 3 is 2.59 bits per heavy atom. The van der Waals surface area contributed by atoms with Crippen molar-refractivity contribution in [2.45, 2.75) is 57.2 Å². The number of hydrogen-bond acceptors (Lipinski definition) is 5. The molecule has 5 rings (SSSR count). The molecular weight excluding hydrogens is 468 g/mol. The molecule has 3 N–H and O–H groups in total. The minimum absolute atomic E-state index is 0.134. The summed E-state index contributed by atoms with van der Waals surface area (Å²) < 4.78 is 11.5. The Labute approximate surface area is 216 Å². The summed E-state index contributed by atoms with van der Waals surface area (Å²) >= 11 is 0. The minimum Gasteiger partial charge on any atom is -0.493 e. The molecule has 2 saturated carbocycles. The SMILES string of the molecule is COc1cc2cc(C(=O)N[C@H]3CCCC[C@H]3C(=O)NC(C#N)C3CC3)[nH]c2cc1OCc1ccccc1. The summed E-state index contributed by atoms with van der Waals surface area (Å²) in [5, 5.41) is 16.2. The van der Waals surface area contributed by atoms with Crippen LogP contribution in [0, 0.1) is 23.2 Å². The second-order valence-electron chi connectivity index (χ2n) is 9.97. The molecule has 3 aromatic rings. The molecule has 2 fully saturated rings. The number of carbonyl (C=O) groups excluding carboxylic acids is 2. The summed E-state index contributed by atoms with van der Waals surface area (Å²) in [5.74, 6) is 0.696. The van der Waals surface area contributed by atoms with E-state index in [2.05, 4.69) is 21.7 Å². The van der Waals surface area contributed by atoms with Crippen molar-refractivity contribution in [2.24, 2.45) is 11.8 Å². The number of hydrogen-bond donors (Lipinski definition) is 3. The van der Waals surface area contributed by atoms with Crippen molar-refractivity contribution in [2.75, 3.05) is 7.11 Å². The van der Waals surface area contributed by atoms with Gasteiger partial charge in [0.25, 0.3) is 5.91 Å². The fourth-order valence-electron chi connectivity index (χ4n) is 5.08. The van der Waals surface area contributed by atoms with E-state index in [1.165, 1.54) is 0 Å². The molecule has 0 bridgehead atoms. The number of nitrogens with one attached hydrogen (secondary N) is 3. The Morgan fingerprint density at radius 1 is 1.08 bits per heavy atom. The highest BCUT2D eigenvalue weighted by Gasteiger charge is 2.37. The van der Waals surface area contributed by atoms with E-state index in [0.717, 1.165) is 48.6 Å². The van der Waals surface area contributed by atoms with Gasteiger partial charge < -0.3 is 25.1 Å². The van der Waals surface area contributed by atoms with E-state index in [1.807, 2.05) is 42.5 Å². The fourth-order valence-corrected chi connectivity index (χ4v) is 5.08. The first-order valence-electron chi connectivity index (χ1n) is 12.9. The number of fused-ring (bicyclic) bond motifs is 1. The molecule has 2 aliphatic carbocycles. The van der Waals surface area contributed by atoms with Crippen molar-refractivity contribution in [3.8, 4) is 17.6 Å². The first kappa shape index (κ1) is 24.7. The van der Waals surface area contributed by atoms with Gasteiger partial charge in [0.1, 0.15) is 18.3 Å². The summed E-state index contributed by atoms with van der Waals surface area (Å²) in [5.41, 5.74) is 2.21. The quantitative estimate of drug-likeness (QED) is 0.401. The average Bonchev–Trinajstić information content (AvgIpc) is 3.69. The highest BCUT2D eigenvalue weighted by molar-refractivity contribution is 5.99. The molecule has 2 amide bonds. The number of nitriles is 1. The molecule has 1 aromatic heterocycles. The number of aromatic nitrogens is 1. The number of benzene rings is 2. The molecular formula is C29H32N4O4. The third-order valence-electron chi connectivity index (χ3n) is 7.34. The van der Waals surface area contributed by atoms with Crippen LogP contribution in [-0.2, 0) is 11.4 Å². The lowest BCUT2D eigenvalue weighted by Crippen LogP contribution is -2.50. The maximum atomic E-state index is 13.2. The normalized spacial score (nSPS) is 20.0. The van der Waals surface area contributed by atoms with Gasteiger partial charge in [0.15, 0.2) is 11.5 Å². The summed E-state index contributed by atoms with van der Waals surface area (Å²) in [7, 11) is 1.59. The van der Waals surface area contributed by atoms with E-state index < -0.39 is 6.04 Å². The van der Waals surface area contributed by atoms with E-state index >= 15 is 0 Å². The Morgan fingerprint density at radius 2 is 1.86 bits per heavy atom. The van der Waals surface area contributed by atoms with Crippen LogP contribution in [0.25, 0.3) is 10.9 Å². The number of methoxy groups -OCH3 is 1. The van der Waals surface area contributed by atoms with Crippen molar-refractivity contribution in [1.82, 2.24) is 15.6 Å². The summed E-state index contributed by atoms with van der Waals surface area (Å²) in [6, 6.07) is 16.8. The van der Waals surface area contributed by atoms with Crippen LogP contribution in [0.1, 0.15) is 54.6 Å². The predicted molar refractivity (Wildman–Crippen MR) is 139 cm³/mol. The number of H-pyrrole nitrogens is 1. The molecule has 0 saturated heterocycles. The van der Waals surface area contributed by atoms with E-state index in [1.54, 1.807) is 13.2 Å². The third kappa shape index (κ3) is 5.72. The van der Waals surface area contributed by atoms with E-state index in [9.17, 15) is 14.9 Å². The number of ether oxygens (including phenoxy) is 2. The number of carbonyl (C=O) groups is 2. The lowest BCUT2D eigenvalue weighted by Gasteiger charge is -2.31. The lowest BCUT2D eigenvalue weighted by atomic mass is 9.83. The van der Waals surface area contributed by atoms with Gasteiger partial charge >= 0.3 is 0 Å². The first-order valence-corrected chi connectivity index (χ1v) is 12.9. The van der Waals surface area contributed by atoms with Crippen LogP contribution in [0.2, 0.25) is 0 Å². The maximum Gasteiger partial charge on any atom is 0.267 e. The molecule has 3 atom stereocenters. The number of aromatic amines is 1. The van der Waals surface area contributed by atoms with Crippen molar-refractivity contribution in [3.05, 3.63) is 59.8 Å². The summed E-state index contributed by atoms with van der Waals surface area (Å²) in [6.45, 7) is 0.398. The van der Waals surface area contributed by atoms with E-state index in [4.69, 9.17) is 9.47 Å². The predicted octanol–water partition coefficient (Wildman–Crippen LogP) is 4.46. The fraction of sp³-hybridized carbons (Fsp3) is 0.414. The molecule has 1 unspecified atom stereocenters. The Balaban J connectivity index is 1.28. The molecule has 8 nitrogen and oxygen atoms in total. The van der Waals surface area contributed by atoms with Crippen LogP contribution in [0.3, 0.4) is 0 Å². The van der Waals surface area contributed by atoms with Crippen LogP contribution >= 0.6 is 0 Å². The second kappa shape index (κ2) is 11.0. The smallest absolute Gasteiger partial charge is 0.267 e. The monoisotopic (exact) mass is 500 g/mol. The van der Waals surface area contributed by atoms with Crippen molar-refractivity contribution in [1.29, 1.82) is 5.26 Å². The van der Waals surface area contributed by atoms with Gasteiger partial charge in [-0.15, -0.1) is 0 Å². The zero-order chi connectivity index (χ0) is 25.8. The Bertz CT molecular complexity index is 1310. The van der Waals surface area contributed by atoms with Gasteiger partial charge in [-0.25, -0.2) is 0 Å². The highest BCUT2D eigenvalue weighted by atomic mass is 16.5. The van der Waals surface area contributed by atoms with E-state index in [0.29, 0.717) is 30.2 Å². The number of rotatable bonds is 9. The van der Waals surface area contributed by atoms with Gasteiger partial charge in [0, 0.05) is 23.0 Å². The zero-order valence-electron chi connectivity index (χ0n) is 21.0. The Hall–Kier alpha value is -3.99. The van der Waals surface area contributed by atoms with Crippen molar-refractivity contribution in [3.63, 3.8) is 0 Å². The molecule has 0 aliphatic heterocycles. The van der Waals surface area contributed by atoms with Gasteiger partial charge in [-0.2, -0.15) is 5.26 Å². The Kier molecular flexibility index (Phi) is 7.31. The maximum absolute atomic E-state index is 13.2. The largest absolute Gasteiger partial charge is 0.493 e. The first-order chi connectivity index (χ1) is 18.1. The molecule has 0 radical (unpaired) electrons. The molecule has 1 heterocycles. The van der Waals surface area contributed by atoms with E-state index in [-0.39, 0.29) is 29.7 Å². The van der Waals surface area contributed by atoms with Crippen LogP contribution < -0.4 is 20.1 Å². The molecule has 192 valence electrons. The summed E-state index contributed by atoms with van der Waals surface area (Å²) in [4.78, 5) is 29.4. The van der Waals surface area contributed by atoms with Crippen molar-refractivity contribution < 1.29 is 19.1 Å². The van der Waals surface area contributed by atoms with Crippen LogP contribution in [0.5, 0.6) is 11.5 Å². The number of nitrogens with zero attached hydrogens (tertiary/aromatic N) is 1. The standard InChI is InChI=1S/C29H32N4O4/c1-36-26-14-20-13-24(31-23(20)15-27(26)37-17-18-7-3-2-4-8-18)29(35)32-22-10-6-5-9-21(22)28(34)33-25(16-30)19-11-12-19/h2-4,7-8,13-15,19,21-22,25,31H,5-6,9-12,17H2,1H3,(H,32,35)(H,33,34)/t21-,22+,25?/m1/s1.